The molecule has 0 bridgehead atoms. The van der Waals surface area contributed by atoms with Crippen molar-refractivity contribution in [2.24, 2.45) is 5.92 Å². The minimum atomic E-state index is -3.41. The van der Waals surface area contributed by atoms with Crippen molar-refractivity contribution in [1.82, 2.24) is 4.31 Å². The molecule has 0 aliphatic carbocycles. The van der Waals surface area contributed by atoms with E-state index < -0.39 is 10.0 Å². The number of hydrogen-bond acceptors (Lipinski definition) is 3. The van der Waals surface area contributed by atoms with Gasteiger partial charge in [-0.1, -0.05) is 13.3 Å². The van der Waals surface area contributed by atoms with Crippen LogP contribution in [0.1, 0.15) is 37.3 Å². The first-order chi connectivity index (χ1) is 9.48. The van der Waals surface area contributed by atoms with E-state index in [4.69, 9.17) is 5.26 Å². The molecule has 5 heteroatoms. The maximum Gasteiger partial charge on any atom is 0.243 e. The molecule has 1 fully saturated rings. The number of aryl methyl sites for hydroxylation is 1. The predicted octanol–water partition coefficient (Wildman–Crippen LogP) is 2.68. The fraction of sp³-hybridized carbons (Fsp3) is 0.533. The third-order valence-electron chi connectivity index (χ3n) is 3.90. The van der Waals surface area contributed by atoms with Crippen LogP contribution in [0.2, 0.25) is 0 Å². The van der Waals surface area contributed by atoms with Crippen molar-refractivity contribution in [3.8, 4) is 6.07 Å². The SMILES string of the molecule is CCCC1CCN(S(=O)(=O)c2ccc(C#N)c(C)c2)C1. The van der Waals surface area contributed by atoms with Crippen LogP contribution in [0, 0.1) is 24.2 Å². The maximum atomic E-state index is 12.6. The predicted molar refractivity (Wildman–Crippen MR) is 77.7 cm³/mol. The van der Waals surface area contributed by atoms with Gasteiger partial charge in [0.25, 0.3) is 0 Å². The van der Waals surface area contributed by atoms with Gasteiger partial charge >= 0.3 is 0 Å². The fourth-order valence-electron chi connectivity index (χ4n) is 2.73. The van der Waals surface area contributed by atoms with Crippen molar-refractivity contribution in [2.45, 2.75) is 38.0 Å². The Bertz CT molecular complexity index is 632. The molecule has 1 heterocycles. The van der Waals surface area contributed by atoms with Crippen molar-refractivity contribution < 1.29 is 8.42 Å². The Labute approximate surface area is 121 Å². The molecule has 0 N–H and O–H groups in total. The second-order valence-electron chi connectivity index (χ2n) is 5.39. The summed E-state index contributed by atoms with van der Waals surface area (Å²) in [7, 11) is -3.41. The average Bonchev–Trinajstić information content (AvgIpc) is 2.88. The lowest BCUT2D eigenvalue weighted by molar-refractivity contribution is 0.444. The Kier molecular flexibility index (Phi) is 4.46. The Hall–Kier alpha value is -1.38. The summed E-state index contributed by atoms with van der Waals surface area (Å²) in [4.78, 5) is 0.297. The summed E-state index contributed by atoms with van der Waals surface area (Å²) in [6, 6.07) is 6.78. The van der Waals surface area contributed by atoms with Crippen molar-refractivity contribution in [2.75, 3.05) is 13.1 Å². The van der Waals surface area contributed by atoms with E-state index in [9.17, 15) is 8.42 Å². The second kappa shape index (κ2) is 5.94. The summed E-state index contributed by atoms with van der Waals surface area (Å²) >= 11 is 0. The van der Waals surface area contributed by atoms with Crippen molar-refractivity contribution >= 4 is 10.0 Å². The summed E-state index contributed by atoms with van der Waals surface area (Å²) in [6.45, 7) is 5.11. The quantitative estimate of drug-likeness (QED) is 0.857. The van der Waals surface area contributed by atoms with Gasteiger partial charge in [-0.15, -0.1) is 0 Å². The zero-order chi connectivity index (χ0) is 14.8. The molecule has 1 aliphatic heterocycles. The first-order valence-corrected chi connectivity index (χ1v) is 8.44. The van der Waals surface area contributed by atoms with E-state index in [-0.39, 0.29) is 0 Å². The van der Waals surface area contributed by atoms with E-state index in [2.05, 4.69) is 13.0 Å². The normalized spacial score (nSPS) is 19.9. The smallest absolute Gasteiger partial charge is 0.207 e. The molecule has 1 atom stereocenters. The molecule has 2 rings (SSSR count). The summed E-state index contributed by atoms with van der Waals surface area (Å²) in [5.74, 6) is 0.481. The summed E-state index contributed by atoms with van der Waals surface area (Å²) < 4.78 is 26.7. The molecule has 1 aromatic rings. The lowest BCUT2D eigenvalue weighted by atomic mass is 10.0. The van der Waals surface area contributed by atoms with Gasteiger partial charge in [-0.2, -0.15) is 9.57 Å². The molecule has 0 amide bonds. The van der Waals surface area contributed by atoms with Gasteiger partial charge in [0, 0.05) is 13.1 Å². The molecule has 108 valence electrons. The zero-order valence-electron chi connectivity index (χ0n) is 12.0. The van der Waals surface area contributed by atoms with E-state index in [1.165, 1.54) is 6.07 Å². The molecule has 0 aromatic heterocycles. The van der Waals surface area contributed by atoms with E-state index >= 15 is 0 Å². The van der Waals surface area contributed by atoms with Gasteiger partial charge < -0.3 is 0 Å². The van der Waals surface area contributed by atoms with Crippen LogP contribution in [0.3, 0.4) is 0 Å². The van der Waals surface area contributed by atoms with Crippen molar-refractivity contribution in [3.05, 3.63) is 29.3 Å². The molecular formula is C15H20N2O2S. The Morgan fingerprint density at radius 1 is 1.45 bits per heavy atom. The summed E-state index contributed by atoms with van der Waals surface area (Å²) in [5, 5.41) is 8.91. The van der Waals surface area contributed by atoms with Crippen LogP contribution in [-0.2, 0) is 10.0 Å². The largest absolute Gasteiger partial charge is 0.243 e. The summed E-state index contributed by atoms with van der Waals surface area (Å²) in [5.41, 5.74) is 1.23. The Balaban J connectivity index is 2.23. The number of nitriles is 1. The number of benzene rings is 1. The molecule has 1 aliphatic rings. The highest BCUT2D eigenvalue weighted by atomic mass is 32.2. The summed E-state index contributed by atoms with van der Waals surface area (Å²) in [6.07, 6.45) is 3.12. The zero-order valence-corrected chi connectivity index (χ0v) is 12.8. The third-order valence-corrected chi connectivity index (χ3v) is 5.76. The molecule has 4 nitrogen and oxygen atoms in total. The standard InChI is InChI=1S/C15H20N2O2S/c1-3-4-13-7-8-17(11-13)20(18,19)15-6-5-14(10-16)12(2)9-15/h5-6,9,13H,3-4,7-8,11H2,1-2H3. The van der Waals surface area contributed by atoms with Crippen LogP contribution in [0.25, 0.3) is 0 Å². The first kappa shape index (κ1) is 15.0. The van der Waals surface area contributed by atoms with Gasteiger partial charge in [0.1, 0.15) is 0 Å². The lowest BCUT2D eigenvalue weighted by Crippen LogP contribution is -2.29. The molecule has 0 saturated carbocycles. The topological polar surface area (TPSA) is 61.2 Å². The van der Waals surface area contributed by atoms with Crippen molar-refractivity contribution in [3.63, 3.8) is 0 Å². The highest BCUT2D eigenvalue weighted by Gasteiger charge is 2.32. The van der Waals surface area contributed by atoms with Gasteiger partial charge in [0.15, 0.2) is 0 Å². The number of rotatable bonds is 4. The van der Waals surface area contributed by atoms with Crippen LogP contribution in [-0.4, -0.2) is 25.8 Å². The molecule has 1 aromatic carbocycles. The van der Waals surface area contributed by atoms with Gasteiger partial charge in [-0.05, 0) is 49.4 Å². The van der Waals surface area contributed by atoms with Crippen LogP contribution >= 0.6 is 0 Å². The van der Waals surface area contributed by atoms with Crippen LogP contribution in [0.15, 0.2) is 23.1 Å². The maximum absolute atomic E-state index is 12.6. The Morgan fingerprint density at radius 2 is 2.20 bits per heavy atom. The fourth-order valence-corrected chi connectivity index (χ4v) is 4.35. The van der Waals surface area contributed by atoms with E-state index in [1.807, 2.05) is 0 Å². The number of nitrogens with zero attached hydrogens (tertiary/aromatic N) is 2. The minimum absolute atomic E-state index is 0.297. The van der Waals surface area contributed by atoms with Crippen LogP contribution in [0.4, 0.5) is 0 Å². The van der Waals surface area contributed by atoms with E-state index in [0.717, 1.165) is 19.3 Å². The van der Waals surface area contributed by atoms with E-state index in [1.54, 1.807) is 23.4 Å². The lowest BCUT2D eigenvalue weighted by Gasteiger charge is -2.17. The van der Waals surface area contributed by atoms with Gasteiger partial charge in [0.05, 0.1) is 16.5 Å². The van der Waals surface area contributed by atoms with Crippen LogP contribution < -0.4 is 0 Å². The molecule has 1 saturated heterocycles. The van der Waals surface area contributed by atoms with Crippen molar-refractivity contribution in [1.29, 1.82) is 5.26 Å². The second-order valence-corrected chi connectivity index (χ2v) is 7.33. The van der Waals surface area contributed by atoms with Crippen LogP contribution in [0.5, 0.6) is 0 Å². The molecule has 1 unspecified atom stereocenters. The molecule has 0 spiro atoms. The highest BCUT2D eigenvalue weighted by Crippen LogP contribution is 2.27. The first-order valence-electron chi connectivity index (χ1n) is 7.00. The van der Waals surface area contributed by atoms with Gasteiger partial charge in [-0.3, -0.25) is 0 Å². The minimum Gasteiger partial charge on any atom is -0.207 e. The molecular weight excluding hydrogens is 272 g/mol. The van der Waals surface area contributed by atoms with Gasteiger partial charge in [-0.25, -0.2) is 8.42 Å². The van der Waals surface area contributed by atoms with Gasteiger partial charge in [0.2, 0.25) is 10.0 Å². The number of hydrogen-bond donors (Lipinski definition) is 0. The molecule has 20 heavy (non-hydrogen) atoms. The highest BCUT2D eigenvalue weighted by molar-refractivity contribution is 7.89. The third kappa shape index (κ3) is 2.87. The average molecular weight is 292 g/mol. The Morgan fingerprint density at radius 3 is 2.80 bits per heavy atom. The molecule has 0 radical (unpaired) electrons. The van der Waals surface area contributed by atoms with E-state index in [0.29, 0.717) is 35.0 Å². The number of sulfonamides is 1. The monoisotopic (exact) mass is 292 g/mol.